The SMILES string of the molecule is COc1ccc2c(c1)O[C@@H](c1ccc(OC)c(OC)c1)[C@H](OC(C)=O)C2. The van der Waals surface area contributed by atoms with Crippen molar-refractivity contribution in [2.45, 2.75) is 25.6 Å². The third-order valence-corrected chi connectivity index (χ3v) is 4.34. The molecule has 0 aliphatic carbocycles. The van der Waals surface area contributed by atoms with E-state index in [2.05, 4.69) is 0 Å². The maximum Gasteiger partial charge on any atom is 0.303 e. The highest BCUT2D eigenvalue weighted by Gasteiger charge is 2.34. The number of hydrogen-bond donors (Lipinski definition) is 0. The first-order valence-corrected chi connectivity index (χ1v) is 8.28. The van der Waals surface area contributed by atoms with Crippen LogP contribution in [0, 0.1) is 0 Å². The minimum absolute atomic E-state index is 0.346. The number of carbonyl (C=O) groups excluding carboxylic acids is 1. The molecule has 1 aliphatic rings. The van der Waals surface area contributed by atoms with Crippen LogP contribution in [0.4, 0.5) is 0 Å². The number of esters is 1. The van der Waals surface area contributed by atoms with Gasteiger partial charge in [-0.2, -0.15) is 0 Å². The summed E-state index contributed by atoms with van der Waals surface area (Å²) in [5.41, 5.74) is 1.80. The Morgan fingerprint density at radius 2 is 1.77 bits per heavy atom. The summed E-state index contributed by atoms with van der Waals surface area (Å²) in [5, 5.41) is 0. The Kier molecular flexibility index (Phi) is 5.21. The van der Waals surface area contributed by atoms with Crippen molar-refractivity contribution in [1.82, 2.24) is 0 Å². The molecule has 0 fully saturated rings. The topological polar surface area (TPSA) is 63.2 Å². The number of rotatable bonds is 5. The van der Waals surface area contributed by atoms with Crippen molar-refractivity contribution in [2.24, 2.45) is 0 Å². The zero-order chi connectivity index (χ0) is 18.7. The third-order valence-electron chi connectivity index (χ3n) is 4.34. The van der Waals surface area contributed by atoms with Crippen molar-refractivity contribution < 1.29 is 28.5 Å². The van der Waals surface area contributed by atoms with Gasteiger partial charge in [-0.05, 0) is 23.8 Å². The maximum atomic E-state index is 11.6. The van der Waals surface area contributed by atoms with Gasteiger partial charge in [-0.25, -0.2) is 0 Å². The largest absolute Gasteiger partial charge is 0.497 e. The van der Waals surface area contributed by atoms with E-state index in [1.54, 1.807) is 21.3 Å². The van der Waals surface area contributed by atoms with Crippen molar-refractivity contribution >= 4 is 5.97 Å². The minimum Gasteiger partial charge on any atom is -0.497 e. The van der Waals surface area contributed by atoms with E-state index in [1.807, 2.05) is 36.4 Å². The lowest BCUT2D eigenvalue weighted by Gasteiger charge is -2.33. The molecule has 2 aromatic carbocycles. The first-order valence-electron chi connectivity index (χ1n) is 8.28. The Labute approximate surface area is 152 Å². The minimum atomic E-state index is -0.460. The maximum absolute atomic E-state index is 11.6. The van der Waals surface area contributed by atoms with Crippen molar-refractivity contribution in [2.75, 3.05) is 21.3 Å². The second-order valence-electron chi connectivity index (χ2n) is 5.98. The zero-order valence-corrected chi connectivity index (χ0v) is 15.3. The van der Waals surface area contributed by atoms with E-state index in [0.29, 0.717) is 29.4 Å². The van der Waals surface area contributed by atoms with Crippen LogP contribution in [0.5, 0.6) is 23.0 Å². The summed E-state index contributed by atoms with van der Waals surface area (Å²) in [4.78, 5) is 11.6. The predicted molar refractivity (Wildman–Crippen MR) is 95.2 cm³/mol. The van der Waals surface area contributed by atoms with Crippen LogP contribution in [-0.4, -0.2) is 33.4 Å². The Morgan fingerprint density at radius 3 is 2.42 bits per heavy atom. The fraction of sp³-hybridized carbons (Fsp3) is 0.350. The van der Waals surface area contributed by atoms with Gasteiger partial charge < -0.3 is 23.7 Å². The van der Waals surface area contributed by atoms with E-state index in [9.17, 15) is 4.79 Å². The highest BCUT2D eigenvalue weighted by molar-refractivity contribution is 5.66. The van der Waals surface area contributed by atoms with Crippen molar-refractivity contribution in [3.8, 4) is 23.0 Å². The Morgan fingerprint density at radius 1 is 1.00 bits per heavy atom. The van der Waals surface area contributed by atoms with Crippen molar-refractivity contribution in [3.05, 3.63) is 47.5 Å². The molecular formula is C20H22O6. The first kappa shape index (κ1) is 17.9. The molecule has 0 saturated heterocycles. The molecule has 6 nitrogen and oxygen atoms in total. The molecule has 0 unspecified atom stereocenters. The lowest BCUT2D eigenvalue weighted by molar-refractivity contribution is -0.152. The van der Waals surface area contributed by atoms with Crippen LogP contribution in [0.2, 0.25) is 0 Å². The normalized spacial score (nSPS) is 18.3. The molecule has 1 aliphatic heterocycles. The van der Waals surface area contributed by atoms with Crippen LogP contribution >= 0.6 is 0 Å². The van der Waals surface area contributed by atoms with E-state index in [-0.39, 0.29) is 5.97 Å². The number of carbonyl (C=O) groups is 1. The molecule has 6 heteroatoms. The van der Waals surface area contributed by atoms with Gasteiger partial charge in [0.2, 0.25) is 0 Å². The average Bonchev–Trinajstić information content (AvgIpc) is 2.66. The highest BCUT2D eigenvalue weighted by atomic mass is 16.6. The fourth-order valence-electron chi connectivity index (χ4n) is 3.11. The van der Waals surface area contributed by atoms with Crippen LogP contribution in [0.3, 0.4) is 0 Å². The van der Waals surface area contributed by atoms with E-state index < -0.39 is 12.2 Å². The van der Waals surface area contributed by atoms with Crippen molar-refractivity contribution in [3.63, 3.8) is 0 Å². The molecule has 1 heterocycles. The molecule has 3 rings (SSSR count). The highest BCUT2D eigenvalue weighted by Crippen LogP contribution is 2.40. The quantitative estimate of drug-likeness (QED) is 0.764. The van der Waals surface area contributed by atoms with E-state index >= 15 is 0 Å². The van der Waals surface area contributed by atoms with Gasteiger partial charge in [0, 0.05) is 25.0 Å². The number of ether oxygens (including phenoxy) is 5. The molecule has 138 valence electrons. The Hall–Kier alpha value is -2.89. The fourth-order valence-corrected chi connectivity index (χ4v) is 3.11. The number of fused-ring (bicyclic) bond motifs is 1. The number of methoxy groups -OCH3 is 3. The Bertz CT molecular complexity index is 801. The third kappa shape index (κ3) is 3.54. The molecule has 0 radical (unpaired) electrons. The lowest BCUT2D eigenvalue weighted by Crippen LogP contribution is -2.34. The monoisotopic (exact) mass is 358 g/mol. The molecule has 26 heavy (non-hydrogen) atoms. The van der Waals surface area contributed by atoms with Crippen LogP contribution in [0.15, 0.2) is 36.4 Å². The van der Waals surface area contributed by atoms with Gasteiger partial charge >= 0.3 is 5.97 Å². The summed E-state index contributed by atoms with van der Waals surface area (Å²) in [7, 11) is 4.77. The molecule has 0 N–H and O–H groups in total. The molecule has 0 spiro atoms. The second kappa shape index (κ2) is 7.56. The molecule has 2 aromatic rings. The van der Waals surface area contributed by atoms with E-state index in [1.165, 1.54) is 6.92 Å². The smallest absolute Gasteiger partial charge is 0.303 e. The van der Waals surface area contributed by atoms with Gasteiger partial charge in [-0.15, -0.1) is 0 Å². The van der Waals surface area contributed by atoms with Gasteiger partial charge in [0.25, 0.3) is 0 Å². The second-order valence-corrected chi connectivity index (χ2v) is 5.98. The zero-order valence-electron chi connectivity index (χ0n) is 15.3. The first-order chi connectivity index (χ1) is 12.5. The predicted octanol–water partition coefficient (Wildman–Crippen LogP) is 3.32. The van der Waals surface area contributed by atoms with Gasteiger partial charge in [0.15, 0.2) is 17.6 Å². The summed E-state index contributed by atoms with van der Waals surface area (Å²) in [6.07, 6.45) is -0.345. The van der Waals surface area contributed by atoms with Crippen LogP contribution in [0.25, 0.3) is 0 Å². The summed E-state index contributed by atoms with van der Waals surface area (Å²) < 4.78 is 27.7. The summed E-state index contributed by atoms with van der Waals surface area (Å²) in [6, 6.07) is 11.2. The van der Waals surface area contributed by atoms with Crippen LogP contribution in [0.1, 0.15) is 24.2 Å². The van der Waals surface area contributed by atoms with Gasteiger partial charge in [0.1, 0.15) is 17.6 Å². The number of hydrogen-bond acceptors (Lipinski definition) is 6. The summed E-state index contributed by atoms with van der Waals surface area (Å²) in [6.45, 7) is 1.40. The molecule has 0 aromatic heterocycles. The molecule has 0 amide bonds. The lowest BCUT2D eigenvalue weighted by atomic mass is 9.94. The van der Waals surface area contributed by atoms with Gasteiger partial charge in [-0.1, -0.05) is 12.1 Å². The molecular weight excluding hydrogens is 336 g/mol. The van der Waals surface area contributed by atoms with Gasteiger partial charge in [-0.3, -0.25) is 4.79 Å². The summed E-state index contributed by atoms with van der Waals surface area (Å²) in [5.74, 6) is 2.29. The number of benzene rings is 2. The van der Waals surface area contributed by atoms with E-state index in [0.717, 1.165) is 11.1 Å². The summed E-state index contributed by atoms with van der Waals surface area (Å²) >= 11 is 0. The molecule has 0 bridgehead atoms. The standard InChI is InChI=1S/C20H22O6/c1-12(21)25-19-9-13-5-7-15(22-2)11-17(13)26-20(19)14-6-8-16(23-3)18(10-14)24-4/h5-8,10-11,19-20H,9H2,1-4H3/t19-,20+/m1/s1. The van der Waals surface area contributed by atoms with Crippen molar-refractivity contribution in [1.29, 1.82) is 0 Å². The van der Waals surface area contributed by atoms with Crippen LogP contribution < -0.4 is 18.9 Å². The van der Waals surface area contributed by atoms with Gasteiger partial charge in [0.05, 0.1) is 21.3 Å². The Balaban J connectivity index is 2.00. The molecule has 0 saturated carbocycles. The van der Waals surface area contributed by atoms with E-state index in [4.69, 9.17) is 23.7 Å². The average molecular weight is 358 g/mol. The van der Waals surface area contributed by atoms with Crippen LogP contribution in [-0.2, 0) is 16.0 Å². The molecule has 2 atom stereocenters.